The monoisotopic (exact) mass is 304 g/mol. The molecule has 0 bridgehead atoms. The van der Waals surface area contributed by atoms with Crippen molar-refractivity contribution >= 4 is 29.1 Å². The predicted molar refractivity (Wildman–Crippen MR) is 104 cm³/mol. The van der Waals surface area contributed by atoms with Crippen molar-refractivity contribution in [3.05, 3.63) is 60.7 Å². The zero-order chi connectivity index (χ0) is 16.4. The summed E-state index contributed by atoms with van der Waals surface area (Å²) in [5.74, 6) is 0. The maximum absolute atomic E-state index is 4.11. The highest BCUT2D eigenvalue weighted by Gasteiger charge is 2.39. The first-order valence-corrected chi connectivity index (χ1v) is 8.35. The Hall–Kier alpha value is -2.16. The third-order valence-corrected chi connectivity index (χ3v) is 4.87. The molecule has 0 amide bonds. The fourth-order valence-electron chi connectivity index (χ4n) is 3.29. The molecule has 2 aromatic carbocycles. The molecule has 2 aromatic rings. The van der Waals surface area contributed by atoms with Crippen molar-refractivity contribution in [3.8, 4) is 0 Å². The fourth-order valence-corrected chi connectivity index (χ4v) is 3.29. The summed E-state index contributed by atoms with van der Waals surface area (Å²) in [7, 11) is 0. The second kappa shape index (κ2) is 6.15. The third kappa shape index (κ3) is 3.01. The Kier molecular flexibility index (Phi) is 4.21. The van der Waals surface area contributed by atoms with Gasteiger partial charge in [0.25, 0.3) is 0 Å². The van der Waals surface area contributed by atoms with Crippen LogP contribution in [0.4, 0.5) is 11.4 Å². The third-order valence-electron chi connectivity index (χ3n) is 4.87. The van der Waals surface area contributed by atoms with Crippen LogP contribution in [-0.4, -0.2) is 6.98 Å². The van der Waals surface area contributed by atoms with Crippen molar-refractivity contribution in [2.45, 2.75) is 38.9 Å². The number of allylic oxidation sites excluding steroid dienone is 3. The van der Waals surface area contributed by atoms with E-state index in [4.69, 9.17) is 0 Å². The molecule has 0 spiro atoms. The first kappa shape index (κ1) is 15.7. The van der Waals surface area contributed by atoms with Gasteiger partial charge in [0.15, 0.2) is 0 Å². The maximum Gasteiger partial charge on any atom is 0.380 e. The number of rotatable bonds is 5. The van der Waals surface area contributed by atoms with Gasteiger partial charge in [-0.15, -0.1) is 6.58 Å². The Morgan fingerprint density at radius 2 is 1.74 bits per heavy atom. The van der Waals surface area contributed by atoms with Gasteiger partial charge in [0.1, 0.15) is 0 Å². The lowest BCUT2D eigenvalue weighted by atomic mass is 9.48. The Morgan fingerprint density at radius 1 is 1.13 bits per heavy atom. The Labute approximate surface area is 139 Å². The molecule has 3 heteroatoms. The van der Waals surface area contributed by atoms with E-state index in [1.54, 1.807) is 0 Å². The van der Waals surface area contributed by atoms with Crippen molar-refractivity contribution in [1.29, 1.82) is 0 Å². The molecular weight excluding hydrogens is 279 g/mol. The van der Waals surface area contributed by atoms with Crippen molar-refractivity contribution in [3.63, 3.8) is 0 Å². The second-order valence-electron chi connectivity index (χ2n) is 6.96. The molecule has 1 atom stereocenters. The van der Waals surface area contributed by atoms with Gasteiger partial charge in [-0.25, -0.2) is 0 Å². The molecule has 118 valence electrons. The van der Waals surface area contributed by atoms with Crippen LogP contribution in [0.2, 0.25) is 5.31 Å². The first-order valence-electron chi connectivity index (χ1n) is 8.35. The average molecular weight is 304 g/mol. The zero-order valence-corrected chi connectivity index (χ0v) is 14.3. The molecule has 0 fully saturated rings. The molecule has 2 N–H and O–H groups in total. The number of benzene rings is 2. The molecule has 0 saturated carbocycles. The molecule has 0 saturated heterocycles. The van der Waals surface area contributed by atoms with E-state index in [0.717, 1.165) is 12.8 Å². The van der Waals surface area contributed by atoms with Gasteiger partial charge < -0.3 is 10.5 Å². The summed E-state index contributed by atoms with van der Waals surface area (Å²) in [4.78, 5) is 0. The number of hydrogen-bond donors (Lipinski definition) is 2. The van der Waals surface area contributed by atoms with Gasteiger partial charge >= 0.3 is 6.98 Å². The van der Waals surface area contributed by atoms with Gasteiger partial charge in [0, 0.05) is 22.1 Å². The van der Waals surface area contributed by atoms with Crippen molar-refractivity contribution in [2.24, 2.45) is 0 Å². The SMILES string of the molecule is C=CC(C)(CCC=C(C)C)B1Nc2cccc3cccc(c23)N1. The van der Waals surface area contributed by atoms with Crippen molar-refractivity contribution in [2.75, 3.05) is 10.5 Å². The average Bonchev–Trinajstić information content (AvgIpc) is 2.54. The molecule has 3 rings (SSSR count). The van der Waals surface area contributed by atoms with Crippen LogP contribution < -0.4 is 10.5 Å². The summed E-state index contributed by atoms with van der Waals surface area (Å²) in [6, 6.07) is 12.9. The van der Waals surface area contributed by atoms with Gasteiger partial charge in [-0.2, -0.15) is 0 Å². The molecule has 1 heterocycles. The zero-order valence-electron chi connectivity index (χ0n) is 14.3. The van der Waals surface area contributed by atoms with Crippen LogP contribution in [0.15, 0.2) is 60.7 Å². The summed E-state index contributed by atoms with van der Waals surface area (Å²) in [5.41, 5.74) is 3.78. The Balaban J connectivity index is 1.90. The standard InChI is InChI=1S/C20H25BN2/c1-5-20(4,14-8-9-15(2)3)21-22-17-12-6-10-16-11-7-13-18(23-21)19(16)17/h5-7,9-13,22-23H,1,8,14H2,2-4H3. The summed E-state index contributed by atoms with van der Waals surface area (Å²) in [5, 5.41) is 9.90. The van der Waals surface area contributed by atoms with E-state index >= 15 is 0 Å². The lowest BCUT2D eigenvalue weighted by molar-refractivity contribution is 0.663. The predicted octanol–water partition coefficient (Wildman–Crippen LogP) is 5.86. The van der Waals surface area contributed by atoms with Gasteiger partial charge in [-0.05, 0) is 44.2 Å². The number of nitrogens with one attached hydrogen (secondary N) is 2. The van der Waals surface area contributed by atoms with Crippen LogP contribution in [0.5, 0.6) is 0 Å². The largest absolute Gasteiger partial charge is 0.408 e. The van der Waals surface area contributed by atoms with Crippen molar-refractivity contribution in [1.82, 2.24) is 0 Å². The smallest absolute Gasteiger partial charge is 0.380 e. The minimum Gasteiger partial charge on any atom is -0.408 e. The molecule has 2 nitrogen and oxygen atoms in total. The minimum atomic E-state index is -0.0261. The maximum atomic E-state index is 4.11. The van der Waals surface area contributed by atoms with E-state index in [1.807, 2.05) is 0 Å². The Bertz CT molecular complexity index is 721. The highest BCUT2D eigenvalue weighted by Crippen LogP contribution is 2.42. The van der Waals surface area contributed by atoms with Crippen molar-refractivity contribution < 1.29 is 0 Å². The van der Waals surface area contributed by atoms with E-state index in [0.29, 0.717) is 0 Å². The summed E-state index contributed by atoms with van der Waals surface area (Å²) in [6.07, 6.45) is 6.52. The summed E-state index contributed by atoms with van der Waals surface area (Å²) < 4.78 is 0. The van der Waals surface area contributed by atoms with Gasteiger partial charge in [-0.3, -0.25) is 0 Å². The first-order chi connectivity index (χ1) is 11.0. The molecule has 1 unspecified atom stereocenters. The van der Waals surface area contributed by atoms with E-state index in [9.17, 15) is 0 Å². The van der Waals surface area contributed by atoms with Crippen LogP contribution in [0.25, 0.3) is 10.8 Å². The number of hydrogen-bond acceptors (Lipinski definition) is 2. The highest BCUT2D eigenvalue weighted by molar-refractivity contribution is 6.71. The van der Waals surface area contributed by atoms with E-state index in [1.165, 1.54) is 27.7 Å². The minimum absolute atomic E-state index is 0.0261. The Morgan fingerprint density at radius 3 is 2.26 bits per heavy atom. The van der Waals surface area contributed by atoms with Gasteiger partial charge in [0.05, 0.1) is 0 Å². The molecule has 1 aliphatic rings. The summed E-state index contributed by atoms with van der Waals surface area (Å²) in [6.45, 7) is 10.8. The number of anilines is 2. The summed E-state index contributed by atoms with van der Waals surface area (Å²) >= 11 is 0. The van der Waals surface area contributed by atoms with Crippen LogP contribution >= 0.6 is 0 Å². The topological polar surface area (TPSA) is 24.1 Å². The van der Waals surface area contributed by atoms with E-state index in [-0.39, 0.29) is 12.3 Å². The molecule has 1 aliphatic heterocycles. The molecule has 0 aromatic heterocycles. The molecular formula is C20H25BN2. The normalized spacial score (nSPS) is 15.3. The van der Waals surface area contributed by atoms with Crippen LogP contribution in [0.3, 0.4) is 0 Å². The van der Waals surface area contributed by atoms with Crippen LogP contribution in [0.1, 0.15) is 33.6 Å². The van der Waals surface area contributed by atoms with Gasteiger partial charge in [0.2, 0.25) is 0 Å². The fraction of sp³-hybridized carbons (Fsp3) is 0.300. The quantitative estimate of drug-likeness (QED) is 0.534. The van der Waals surface area contributed by atoms with E-state index in [2.05, 4.69) is 86.4 Å². The molecule has 0 aliphatic carbocycles. The molecule has 0 radical (unpaired) electrons. The van der Waals surface area contributed by atoms with E-state index < -0.39 is 0 Å². The van der Waals surface area contributed by atoms with Crippen LogP contribution in [-0.2, 0) is 0 Å². The van der Waals surface area contributed by atoms with Crippen LogP contribution in [0, 0.1) is 0 Å². The van der Waals surface area contributed by atoms with Gasteiger partial charge in [-0.1, -0.05) is 48.9 Å². The lowest BCUT2D eigenvalue weighted by Gasteiger charge is -2.37. The highest BCUT2D eigenvalue weighted by atomic mass is 15.0. The lowest BCUT2D eigenvalue weighted by Crippen LogP contribution is -2.46. The second-order valence-corrected chi connectivity index (χ2v) is 6.96. The molecule has 23 heavy (non-hydrogen) atoms.